The average Bonchev–Trinajstić information content (AvgIpc) is 3.07. The molecule has 172 valence electrons. The number of unbranched alkanes of at least 4 members (excludes halogenated alkanes) is 1. The molecule has 0 fully saturated rings. The molecule has 10 heteroatoms. The molecule has 0 bridgehead atoms. The number of benzene rings is 1. The van der Waals surface area contributed by atoms with Crippen LogP contribution in [-0.2, 0) is 24.3 Å². The van der Waals surface area contributed by atoms with E-state index in [4.69, 9.17) is 11.6 Å². The maximum atomic E-state index is 13.9. The molecule has 32 heavy (non-hydrogen) atoms. The van der Waals surface area contributed by atoms with Crippen LogP contribution in [0.4, 0.5) is 10.1 Å². The first-order valence-electron chi connectivity index (χ1n) is 10.7. The molecule has 0 aliphatic rings. The smallest absolute Gasteiger partial charge is 0.324 e. The van der Waals surface area contributed by atoms with E-state index in [0.717, 1.165) is 12.8 Å². The third-order valence-corrected chi connectivity index (χ3v) is 5.26. The standard InChI is InChI=1S/C22H27ClFN5O3/c1-4-5-10-28-20-19(21(31)27-22(28)32)29(12-13(2)3)17(26-20)8-9-18(30)25-16-11-14(23)6-7-15(16)24/h6-7,11,13H,4-5,8-10,12H2,1-3H3,(H,25,30)(H,27,31,32). The number of aryl methyl sites for hydroxylation is 2. The van der Waals surface area contributed by atoms with Gasteiger partial charge in [-0.3, -0.25) is 19.1 Å². The summed E-state index contributed by atoms with van der Waals surface area (Å²) in [6.07, 6.45) is 1.88. The van der Waals surface area contributed by atoms with Gasteiger partial charge in [0.25, 0.3) is 5.56 Å². The van der Waals surface area contributed by atoms with Crippen molar-refractivity contribution in [3.05, 3.63) is 55.7 Å². The Balaban J connectivity index is 1.93. The summed E-state index contributed by atoms with van der Waals surface area (Å²) in [6.45, 7) is 6.97. The van der Waals surface area contributed by atoms with Gasteiger partial charge in [0.15, 0.2) is 11.2 Å². The third kappa shape index (κ3) is 5.27. The predicted octanol–water partition coefficient (Wildman–Crippen LogP) is 3.71. The van der Waals surface area contributed by atoms with Crippen molar-refractivity contribution in [2.75, 3.05) is 5.32 Å². The molecule has 1 amide bonds. The maximum Gasteiger partial charge on any atom is 0.330 e. The first-order valence-corrected chi connectivity index (χ1v) is 11.1. The molecular weight excluding hydrogens is 437 g/mol. The van der Waals surface area contributed by atoms with Crippen molar-refractivity contribution in [1.29, 1.82) is 0 Å². The quantitative estimate of drug-likeness (QED) is 0.505. The van der Waals surface area contributed by atoms with Crippen LogP contribution in [-0.4, -0.2) is 25.0 Å². The number of nitrogens with zero attached hydrogens (tertiary/aromatic N) is 3. The highest BCUT2D eigenvalue weighted by atomic mass is 35.5. The highest BCUT2D eigenvalue weighted by Crippen LogP contribution is 2.20. The van der Waals surface area contributed by atoms with Gasteiger partial charge in [0.05, 0.1) is 5.69 Å². The summed E-state index contributed by atoms with van der Waals surface area (Å²) in [6, 6.07) is 3.92. The van der Waals surface area contributed by atoms with Gasteiger partial charge in [0.2, 0.25) is 5.91 Å². The van der Waals surface area contributed by atoms with Crippen molar-refractivity contribution in [2.45, 2.75) is 59.5 Å². The van der Waals surface area contributed by atoms with Crippen LogP contribution in [0.2, 0.25) is 5.02 Å². The first-order chi connectivity index (χ1) is 15.2. The lowest BCUT2D eigenvalue weighted by atomic mass is 10.2. The Morgan fingerprint density at radius 1 is 1.28 bits per heavy atom. The fourth-order valence-electron chi connectivity index (χ4n) is 3.53. The van der Waals surface area contributed by atoms with E-state index in [9.17, 15) is 18.8 Å². The normalized spacial score (nSPS) is 11.4. The lowest BCUT2D eigenvalue weighted by Crippen LogP contribution is -2.31. The minimum atomic E-state index is -0.582. The molecule has 0 radical (unpaired) electrons. The summed E-state index contributed by atoms with van der Waals surface area (Å²) < 4.78 is 17.2. The van der Waals surface area contributed by atoms with Crippen molar-refractivity contribution >= 4 is 34.4 Å². The zero-order valence-corrected chi connectivity index (χ0v) is 19.1. The summed E-state index contributed by atoms with van der Waals surface area (Å²) in [5.41, 5.74) is -0.341. The van der Waals surface area contributed by atoms with Gasteiger partial charge in [-0.2, -0.15) is 0 Å². The van der Waals surface area contributed by atoms with Crippen LogP contribution >= 0.6 is 11.6 Å². The molecule has 3 aromatic rings. The molecule has 3 rings (SSSR count). The number of imidazole rings is 1. The number of amides is 1. The number of H-pyrrole nitrogens is 1. The van der Waals surface area contributed by atoms with Gasteiger partial charge in [-0.1, -0.05) is 38.8 Å². The lowest BCUT2D eigenvalue weighted by molar-refractivity contribution is -0.116. The van der Waals surface area contributed by atoms with Gasteiger partial charge in [-0.15, -0.1) is 0 Å². The predicted molar refractivity (Wildman–Crippen MR) is 123 cm³/mol. The highest BCUT2D eigenvalue weighted by molar-refractivity contribution is 6.30. The second kappa shape index (κ2) is 10.1. The molecule has 0 unspecified atom stereocenters. The fourth-order valence-corrected chi connectivity index (χ4v) is 3.70. The van der Waals surface area contributed by atoms with Gasteiger partial charge in [-0.25, -0.2) is 14.2 Å². The Labute approximate surface area is 189 Å². The lowest BCUT2D eigenvalue weighted by Gasteiger charge is -2.12. The number of nitrogens with one attached hydrogen (secondary N) is 2. The van der Waals surface area contributed by atoms with Crippen LogP contribution < -0.4 is 16.6 Å². The molecule has 0 aliphatic carbocycles. The van der Waals surface area contributed by atoms with E-state index in [1.54, 1.807) is 4.57 Å². The van der Waals surface area contributed by atoms with E-state index in [1.807, 2.05) is 20.8 Å². The summed E-state index contributed by atoms with van der Waals surface area (Å²) in [4.78, 5) is 44.4. The van der Waals surface area contributed by atoms with Gasteiger partial charge in [0.1, 0.15) is 11.6 Å². The van der Waals surface area contributed by atoms with Crippen LogP contribution in [0.1, 0.15) is 45.9 Å². The molecule has 0 atom stereocenters. The van der Waals surface area contributed by atoms with Crippen molar-refractivity contribution in [1.82, 2.24) is 19.1 Å². The van der Waals surface area contributed by atoms with E-state index in [1.165, 1.54) is 22.8 Å². The van der Waals surface area contributed by atoms with Crippen LogP contribution in [0, 0.1) is 11.7 Å². The molecule has 0 spiro atoms. The molecule has 0 aliphatic heterocycles. The number of carbonyl (C=O) groups is 1. The number of fused-ring (bicyclic) bond motifs is 1. The van der Waals surface area contributed by atoms with Gasteiger partial charge < -0.3 is 9.88 Å². The SMILES string of the molecule is CCCCn1c(=O)[nH]c(=O)c2c1nc(CCC(=O)Nc1cc(Cl)ccc1F)n2CC(C)C. The second-order valence-corrected chi connectivity index (χ2v) is 8.58. The molecule has 0 saturated carbocycles. The van der Waals surface area contributed by atoms with E-state index >= 15 is 0 Å². The Morgan fingerprint density at radius 2 is 2.03 bits per heavy atom. The number of halogens is 2. The summed E-state index contributed by atoms with van der Waals surface area (Å²) >= 11 is 5.87. The van der Waals surface area contributed by atoms with E-state index in [-0.39, 0.29) is 24.4 Å². The Morgan fingerprint density at radius 3 is 2.72 bits per heavy atom. The number of rotatable bonds is 9. The minimum Gasteiger partial charge on any atom is -0.324 e. The average molecular weight is 464 g/mol. The maximum absolute atomic E-state index is 13.9. The Kier molecular flexibility index (Phi) is 7.50. The summed E-state index contributed by atoms with van der Waals surface area (Å²) in [5, 5.41) is 2.83. The molecule has 2 aromatic heterocycles. The monoisotopic (exact) mass is 463 g/mol. The zero-order valence-electron chi connectivity index (χ0n) is 18.4. The zero-order chi connectivity index (χ0) is 23.4. The van der Waals surface area contributed by atoms with Gasteiger partial charge in [-0.05, 0) is 30.5 Å². The number of carbonyl (C=O) groups excluding carboxylic acids is 1. The molecule has 0 saturated heterocycles. The molecular formula is C22H27ClFN5O3. The van der Waals surface area contributed by atoms with Crippen LogP contribution in [0.3, 0.4) is 0 Å². The first kappa shape index (κ1) is 23.7. The van der Waals surface area contributed by atoms with Crippen molar-refractivity contribution in [2.24, 2.45) is 5.92 Å². The number of aromatic amines is 1. The Hall–Kier alpha value is -2.94. The van der Waals surface area contributed by atoms with E-state index < -0.39 is 23.0 Å². The van der Waals surface area contributed by atoms with Gasteiger partial charge >= 0.3 is 5.69 Å². The number of anilines is 1. The summed E-state index contributed by atoms with van der Waals surface area (Å²) in [7, 11) is 0. The molecule has 2 heterocycles. The third-order valence-electron chi connectivity index (χ3n) is 5.03. The second-order valence-electron chi connectivity index (χ2n) is 8.14. The Bertz CT molecular complexity index is 1240. The highest BCUT2D eigenvalue weighted by Gasteiger charge is 2.20. The number of hydrogen-bond donors (Lipinski definition) is 2. The summed E-state index contributed by atoms with van der Waals surface area (Å²) in [5.74, 6) is -0.263. The number of hydrogen-bond acceptors (Lipinski definition) is 4. The fraction of sp³-hybridized carbons (Fsp3) is 0.455. The van der Waals surface area contributed by atoms with Crippen LogP contribution in [0.5, 0.6) is 0 Å². The largest absolute Gasteiger partial charge is 0.330 e. The van der Waals surface area contributed by atoms with Crippen LogP contribution in [0.15, 0.2) is 27.8 Å². The molecule has 2 N–H and O–H groups in total. The van der Waals surface area contributed by atoms with Crippen molar-refractivity contribution in [3.8, 4) is 0 Å². The van der Waals surface area contributed by atoms with E-state index in [2.05, 4.69) is 15.3 Å². The van der Waals surface area contributed by atoms with Crippen molar-refractivity contribution in [3.63, 3.8) is 0 Å². The topological polar surface area (TPSA) is 102 Å². The van der Waals surface area contributed by atoms with Gasteiger partial charge in [0, 0.05) is 31.0 Å². The minimum absolute atomic E-state index is 0.00281. The van der Waals surface area contributed by atoms with E-state index in [0.29, 0.717) is 35.1 Å². The number of aromatic nitrogens is 4. The van der Waals surface area contributed by atoms with Crippen LogP contribution in [0.25, 0.3) is 11.2 Å². The molecule has 8 nitrogen and oxygen atoms in total. The molecule has 1 aromatic carbocycles. The van der Waals surface area contributed by atoms with Crippen molar-refractivity contribution < 1.29 is 9.18 Å².